The van der Waals surface area contributed by atoms with Crippen molar-refractivity contribution in [2.45, 2.75) is 0 Å². The Kier molecular flexibility index (Phi) is 3.67. The highest BCUT2D eigenvalue weighted by atomic mass is 35.5. The molecule has 0 radical (unpaired) electrons. The van der Waals surface area contributed by atoms with Gasteiger partial charge in [-0.2, -0.15) is 0 Å². The lowest BCUT2D eigenvalue weighted by molar-refractivity contribution is 0.485. The number of hydrogen-bond donors (Lipinski definition) is 1. The summed E-state index contributed by atoms with van der Waals surface area (Å²) in [6, 6.07) is 10.1. The Hall–Kier alpha value is -1.09. The monoisotopic (exact) mass is 287 g/mol. The fourth-order valence-corrected chi connectivity index (χ4v) is 1.90. The maximum absolute atomic E-state index is 5.99. The molecular formula is C12H8Cl3NO. The fourth-order valence-electron chi connectivity index (χ4n) is 1.28. The Morgan fingerprint density at radius 3 is 2.35 bits per heavy atom. The standard InChI is InChI=1S/C12H8Cl3NO/c13-7-4-5-10(9(15)6-7)17-11-3-1-2-8(14)12(11)16/h1-6H,16H2. The molecule has 0 unspecified atom stereocenters. The molecule has 0 bridgehead atoms. The van der Waals surface area contributed by atoms with Gasteiger partial charge >= 0.3 is 0 Å². The van der Waals surface area contributed by atoms with Crippen LogP contribution in [0.3, 0.4) is 0 Å². The highest BCUT2D eigenvalue weighted by molar-refractivity contribution is 6.35. The van der Waals surface area contributed by atoms with Crippen LogP contribution in [0.1, 0.15) is 0 Å². The molecule has 0 saturated heterocycles. The molecule has 0 atom stereocenters. The van der Waals surface area contributed by atoms with Gasteiger partial charge in [0.2, 0.25) is 0 Å². The van der Waals surface area contributed by atoms with E-state index in [2.05, 4.69) is 0 Å². The quantitative estimate of drug-likeness (QED) is 0.787. The van der Waals surface area contributed by atoms with Crippen LogP contribution >= 0.6 is 34.8 Å². The van der Waals surface area contributed by atoms with Gasteiger partial charge in [-0.1, -0.05) is 40.9 Å². The van der Waals surface area contributed by atoms with Crippen LogP contribution in [-0.2, 0) is 0 Å². The number of para-hydroxylation sites is 1. The zero-order valence-electron chi connectivity index (χ0n) is 8.58. The Labute approximate surface area is 114 Å². The molecule has 2 aromatic rings. The summed E-state index contributed by atoms with van der Waals surface area (Å²) in [7, 11) is 0. The maximum atomic E-state index is 5.99. The lowest BCUT2D eigenvalue weighted by Gasteiger charge is -2.10. The van der Waals surface area contributed by atoms with E-state index in [-0.39, 0.29) is 0 Å². The number of benzene rings is 2. The van der Waals surface area contributed by atoms with E-state index in [1.165, 1.54) is 0 Å². The molecule has 0 saturated carbocycles. The third-order valence-electron chi connectivity index (χ3n) is 2.13. The van der Waals surface area contributed by atoms with Crippen LogP contribution in [0.25, 0.3) is 0 Å². The van der Waals surface area contributed by atoms with Gasteiger partial charge in [0.05, 0.1) is 15.7 Å². The molecule has 0 aliphatic carbocycles. The largest absolute Gasteiger partial charge is 0.454 e. The van der Waals surface area contributed by atoms with Crippen LogP contribution in [0.5, 0.6) is 11.5 Å². The second kappa shape index (κ2) is 5.05. The lowest BCUT2D eigenvalue weighted by atomic mass is 10.3. The van der Waals surface area contributed by atoms with Crippen molar-refractivity contribution in [2.24, 2.45) is 0 Å². The van der Waals surface area contributed by atoms with Crippen LogP contribution in [0.4, 0.5) is 5.69 Å². The molecule has 0 heterocycles. The summed E-state index contributed by atoms with van der Waals surface area (Å²) >= 11 is 17.7. The zero-order valence-corrected chi connectivity index (χ0v) is 10.9. The van der Waals surface area contributed by atoms with Crippen molar-refractivity contribution in [3.8, 4) is 11.5 Å². The van der Waals surface area contributed by atoms with E-state index in [1.807, 2.05) is 0 Å². The van der Waals surface area contributed by atoms with Crippen molar-refractivity contribution in [3.63, 3.8) is 0 Å². The molecule has 2 N–H and O–H groups in total. The first kappa shape index (κ1) is 12.4. The average Bonchev–Trinajstić information content (AvgIpc) is 2.28. The molecule has 5 heteroatoms. The Morgan fingerprint density at radius 2 is 1.65 bits per heavy atom. The van der Waals surface area contributed by atoms with Crippen LogP contribution in [0, 0.1) is 0 Å². The molecule has 0 amide bonds. The van der Waals surface area contributed by atoms with Gasteiger partial charge in [-0.15, -0.1) is 0 Å². The third-order valence-corrected chi connectivity index (χ3v) is 2.99. The minimum absolute atomic E-state index is 0.375. The van der Waals surface area contributed by atoms with E-state index < -0.39 is 0 Å². The Balaban J connectivity index is 2.35. The molecule has 2 nitrogen and oxygen atoms in total. The summed E-state index contributed by atoms with van der Waals surface area (Å²) in [5.41, 5.74) is 6.16. The van der Waals surface area contributed by atoms with Gasteiger partial charge in [-0.3, -0.25) is 0 Å². The topological polar surface area (TPSA) is 35.2 Å². The van der Waals surface area contributed by atoms with E-state index >= 15 is 0 Å². The number of hydrogen-bond acceptors (Lipinski definition) is 2. The summed E-state index contributed by atoms with van der Waals surface area (Å²) in [4.78, 5) is 0. The molecular weight excluding hydrogens is 280 g/mol. The molecule has 0 aliphatic heterocycles. The summed E-state index contributed by atoms with van der Waals surface area (Å²) < 4.78 is 5.58. The van der Waals surface area contributed by atoms with Crippen molar-refractivity contribution in [2.75, 3.05) is 5.73 Å². The summed E-state index contributed by atoms with van der Waals surface area (Å²) in [6.07, 6.45) is 0. The van der Waals surface area contributed by atoms with E-state index in [0.717, 1.165) is 0 Å². The third kappa shape index (κ3) is 2.78. The van der Waals surface area contributed by atoms with E-state index in [9.17, 15) is 0 Å². The number of nitrogens with two attached hydrogens (primary N) is 1. The van der Waals surface area contributed by atoms with Gasteiger partial charge in [-0.25, -0.2) is 0 Å². The first-order valence-corrected chi connectivity index (χ1v) is 5.88. The summed E-state index contributed by atoms with van der Waals surface area (Å²) in [5, 5.41) is 1.39. The molecule has 88 valence electrons. The van der Waals surface area contributed by atoms with Crippen molar-refractivity contribution in [1.29, 1.82) is 0 Å². The zero-order chi connectivity index (χ0) is 12.4. The number of anilines is 1. The normalized spacial score (nSPS) is 10.3. The fraction of sp³-hybridized carbons (Fsp3) is 0. The van der Waals surface area contributed by atoms with Gasteiger partial charge in [-0.05, 0) is 30.3 Å². The minimum atomic E-state index is 0.375. The Bertz CT molecular complexity index is 557. The predicted octanol–water partition coefficient (Wildman–Crippen LogP) is 5.02. The molecule has 17 heavy (non-hydrogen) atoms. The highest BCUT2D eigenvalue weighted by Crippen LogP contribution is 2.36. The lowest BCUT2D eigenvalue weighted by Crippen LogP contribution is -1.93. The summed E-state index contributed by atoms with van der Waals surface area (Å²) in [6.45, 7) is 0. The number of halogens is 3. The van der Waals surface area contributed by atoms with Crippen molar-refractivity contribution in [3.05, 3.63) is 51.5 Å². The Morgan fingerprint density at radius 1 is 0.882 bits per heavy atom. The molecule has 2 aromatic carbocycles. The van der Waals surface area contributed by atoms with Crippen molar-refractivity contribution >= 4 is 40.5 Å². The van der Waals surface area contributed by atoms with Crippen LogP contribution < -0.4 is 10.5 Å². The van der Waals surface area contributed by atoms with Gasteiger partial charge in [0.15, 0.2) is 5.75 Å². The van der Waals surface area contributed by atoms with Gasteiger partial charge in [0.25, 0.3) is 0 Å². The van der Waals surface area contributed by atoms with E-state index in [4.69, 9.17) is 45.3 Å². The van der Waals surface area contributed by atoms with Crippen LogP contribution in [0.2, 0.25) is 15.1 Å². The number of nitrogen functional groups attached to an aromatic ring is 1. The minimum Gasteiger partial charge on any atom is -0.454 e. The molecule has 0 aliphatic rings. The first-order valence-electron chi connectivity index (χ1n) is 4.75. The van der Waals surface area contributed by atoms with E-state index in [1.54, 1.807) is 36.4 Å². The van der Waals surface area contributed by atoms with E-state index in [0.29, 0.717) is 32.3 Å². The summed E-state index contributed by atoms with van der Waals surface area (Å²) in [5.74, 6) is 0.937. The average molecular weight is 289 g/mol. The van der Waals surface area contributed by atoms with Gasteiger partial charge in [0, 0.05) is 5.02 Å². The predicted molar refractivity (Wildman–Crippen MR) is 72.4 cm³/mol. The van der Waals surface area contributed by atoms with Gasteiger partial charge < -0.3 is 10.5 Å². The molecule has 0 aromatic heterocycles. The smallest absolute Gasteiger partial charge is 0.151 e. The molecule has 2 rings (SSSR count). The second-order valence-electron chi connectivity index (χ2n) is 3.33. The van der Waals surface area contributed by atoms with Crippen molar-refractivity contribution in [1.82, 2.24) is 0 Å². The molecule has 0 spiro atoms. The van der Waals surface area contributed by atoms with Crippen molar-refractivity contribution < 1.29 is 4.74 Å². The maximum Gasteiger partial charge on any atom is 0.151 e. The number of rotatable bonds is 2. The van der Waals surface area contributed by atoms with Gasteiger partial charge in [0.1, 0.15) is 5.75 Å². The van der Waals surface area contributed by atoms with Crippen LogP contribution in [-0.4, -0.2) is 0 Å². The SMILES string of the molecule is Nc1c(Cl)cccc1Oc1ccc(Cl)cc1Cl. The second-order valence-corrected chi connectivity index (χ2v) is 4.58. The number of ether oxygens (including phenoxy) is 1. The first-order chi connectivity index (χ1) is 8.08. The molecule has 0 fully saturated rings. The van der Waals surface area contributed by atoms with Crippen LogP contribution in [0.15, 0.2) is 36.4 Å². The highest BCUT2D eigenvalue weighted by Gasteiger charge is 2.08.